The molecule has 0 radical (unpaired) electrons. The lowest BCUT2D eigenvalue weighted by molar-refractivity contribution is 0.177. The summed E-state index contributed by atoms with van der Waals surface area (Å²) in [7, 11) is 0. The predicted molar refractivity (Wildman–Crippen MR) is 88.1 cm³/mol. The summed E-state index contributed by atoms with van der Waals surface area (Å²) in [6.07, 6.45) is -0.637. The second kappa shape index (κ2) is 6.14. The molecule has 1 unspecified atom stereocenters. The maximum absolute atomic E-state index is 10.3. The van der Waals surface area contributed by atoms with Gasteiger partial charge in [-0.1, -0.05) is 29.3 Å². The Hall–Kier alpha value is -1.42. The van der Waals surface area contributed by atoms with Gasteiger partial charge in [-0.2, -0.15) is 0 Å². The van der Waals surface area contributed by atoms with Gasteiger partial charge in [0.2, 0.25) is 0 Å². The first kappa shape index (κ1) is 14.5. The van der Waals surface area contributed by atoms with E-state index in [1.165, 1.54) is 5.56 Å². The minimum absolute atomic E-state index is 0.553. The van der Waals surface area contributed by atoms with E-state index in [9.17, 15) is 5.11 Å². The molecule has 3 rings (SSSR count). The van der Waals surface area contributed by atoms with Crippen LogP contribution < -0.4 is 0 Å². The van der Waals surface area contributed by atoms with Crippen LogP contribution in [0, 0.1) is 6.92 Å². The van der Waals surface area contributed by atoms with Crippen molar-refractivity contribution in [3.05, 3.63) is 64.9 Å². The van der Waals surface area contributed by atoms with Crippen molar-refractivity contribution in [1.82, 2.24) is 0 Å². The molecule has 0 aliphatic heterocycles. The van der Waals surface area contributed by atoms with Crippen molar-refractivity contribution < 1.29 is 9.52 Å². The van der Waals surface area contributed by atoms with Crippen molar-refractivity contribution in [1.29, 1.82) is 0 Å². The standard InChI is InChI=1S/C17H15ClO2S/c1-11-3-2-4-14(7-11)21-10-15(19)17-9-12-8-13(18)5-6-16(12)20-17/h2-9,15,19H,10H2,1H3. The summed E-state index contributed by atoms with van der Waals surface area (Å²) in [5.74, 6) is 1.13. The number of benzene rings is 2. The smallest absolute Gasteiger partial charge is 0.134 e. The van der Waals surface area contributed by atoms with Crippen molar-refractivity contribution in [3.8, 4) is 0 Å². The van der Waals surface area contributed by atoms with Gasteiger partial charge in [0, 0.05) is 21.1 Å². The Bertz CT molecular complexity index is 766. The Morgan fingerprint density at radius 1 is 1.19 bits per heavy atom. The zero-order valence-corrected chi connectivity index (χ0v) is 13.1. The summed E-state index contributed by atoms with van der Waals surface area (Å²) in [6, 6.07) is 15.5. The lowest BCUT2D eigenvalue weighted by atomic mass is 10.2. The van der Waals surface area contributed by atoms with Crippen molar-refractivity contribution in [2.45, 2.75) is 17.9 Å². The highest BCUT2D eigenvalue weighted by Gasteiger charge is 2.14. The van der Waals surface area contributed by atoms with Crippen molar-refractivity contribution in [3.63, 3.8) is 0 Å². The molecule has 0 aliphatic carbocycles. The fraction of sp³-hybridized carbons (Fsp3) is 0.176. The first-order valence-electron chi connectivity index (χ1n) is 6.68. The average molecular weight is 319 g/mol. The zero-order chi connectivity index (χ0) is 14.8. The van der Waals surface area contributed by atoms with Gasteiger partial charge < -0.3 is 9.52 Å². The van der Waals surface area contributed by atoms with Gasteiger partial charge in [0.1, 0.15) is 17.4 Å². The number of rotatable bonds is 4. The molecule has 0 spiro atoms. The molecule has 1 heterocycles. The van der Waals surface area contributed by atoms with E-state index in [2.05, 4.69) is 19.1 Å². The molecule has 3 aromatic rings. The minimum atomic E-state index is -0.637. The lowest BCUT2D eigenvalue weighted by Crippen LogP contribution is -1.98. The average Bonchev–Trinajstić information content (AvgIpc) is 2.88. The predicted octanol–water partition coefficient (Wildman–Crippen LogP) is 5.22. The summed E-state index contributed by atoms with van der Waals surface area (Å²) in [6.45, 7) is 2.06. The van der Waals surface area contributed by atoms with Crippen LogP contribution in [-0.4, -0.2) is 10.9 Å². The molecule has 0 saturated carbocycles. The summed E-state index contributed by atoms with van der Waals surface area (Å²) in [4.78, 5) is 1.15. The molecule has 0 aliphatic rings. The van der Waals surface area contributed by atoms with Crippen molar-refractivity contribution >= 4 is 34.3 Å². The molecule has 1 N–H and O–H groups in total. The Morgan fingerprint density at radius 2 is 2.05 bits per heavy atom. The molecule has 21 heavy (non-hydrogen) atoms. The van der Waals surface area contributed by atoms with Crippen LogP contribution in [0.25, 0.3) is 11.0 Å². The van der Waals surface area contributed by atoms with Crippen LogP contribution in [0.1, 0.15) is 17.4 Å². The van der Waals surface area contributed by atoms with E-state index in [1.807, 2.05) is 30.3 Å². The van der Waals surface area contributed by atoms with Gasteiger partial charge in [-0.25, -0.2) is 0 Å². The monoisotopic (exact) mass is 318 g/mol. The van der Waals surface area contributed by atoms with Crippen molar-refractivity contribution in [2.24, 2.45) is 0 Å². The summed E-state index contributed by atoms with van der Waals surface area (Å²) < 4.78 is 5.67. The maximum Gasteiger partial charge on any atom is 0.134 e. The number of halogens is 1. The highest BCUT2D eigenvalue weighted by molar-refractivity contribution is 7.99. The van der Waals surface area contributed by atoms with E-state index in [0.717, 1.165) is 15.9 Å². The van der Waals surface area contributed by atoms with Gasteiger partial charge in [0.05, 0.1) is 0 Å². The fourth-order valence-corrected chi connectivity index (χ4v) is 3.30. The molecule has 108 valence electrons. The quantitative estimate of drug-likeness (QED) is 0.669. The van der Waals surface area contributed by atoms with Crippen LogP contribution >= 0.6 is 23.4 Å². The van der Waals surface area contributed by atoms with Crippen molar-refractivity contribution in [2.75, 3.05) is 5.75 Å². The number of aliphatic hydroxyl groups is 1. The van der Waals surface area contributed by atoms with E-state index >= 15 is 0 Å². The van der Waals surface area contributed by atoms with E-state index in [4.69, 9.17) is 16.0 Å². The second-order valence-electron chi connectivity index (χ2n) is 4.97. The molecule has 0 amide bonds. The molecule has 2 nitrogen and oxygen atoms in total. The molecule has 0 fully saturated rings. The van der Waals surface area contributed by atoms with Gasteiger partial charge in [0.25, 0.3) is 0 Å². The van der Waals surface area contributed by atoms with E-state index in [0.29, 0.717) is 16.5 Å². The number of furan rings is 1. The lowest BCUT2D eigenvalue weighted by Gasteiger charge is -2.07. The fourth-order valence-electron chi connectivity index (χ4n) is 2.16. The highest BCUT2D eigenvalue weighted by Crippen LogP contribution is 2.30. The summed E-state index contributed by atoms with van der Waals surface area (Å²) in [5.41, 5.74) is 1.96. The maximum atomic E-state index is 10.3. The third kappa shape index (κ3) is 3.43. The largest absolute Gasteiger partial charge is 0.458 e. The number of thioether (sulfide) groups is 1. The number of aryl methyl sites for hydroxylation is 1. The van der Waals surface area contributed by atoms with Crippen LogP contribution in [0.5, 0.6) is 0 Å². The first-order chi connectivity index (χ1) is 10.1. The molecule has 1 atom stereocenters. The van der Waals surface area contributed by atoms with Gasteiger partial charge in [-0.05, 0) is 43.3 Å². The Morgan fingerprint density at radius 3 is 2.86 bits per heavy atom. The van der Waals surface area contributed by atoms with Crippen LogP contribution in [-0.2, 0) is 0 Å². The normalized spacial score (nSPS) is 12.7. The minimum Gasteiger partial charge on any atom is -0.458 e. The Balaban J connectivity index is 1.73. The van der Waals surface area contributed by atoms with Gasteiger partial charge in [-0.15, -0.1) is 11.8 Å². The van der Waals surface area contributed by atoms with Crippen LogP contribution in [0.4, 0.5) is 0 Å². The summed E-state index contributed by atoms with van der Waals surface area (Å²) >= 11 is 7.57. The first-order valence-corrected chi connectivity index (χ1v) is 8.05. The molecule has 1 aromatic heterocycles. The van der Waals surface area contributed by atoms with Crippen LogP contribution in [0.15, 0.2) is 57.8 Å². The van der Waals surface area contributed by atoms with Gasteiger partial charge in [-0.3, -0.25) is 0 Å². The number of hydrogen-bond donors (Lipinski definition) is 1. The third-order valence-electron chi connectivity index (χ3n) is 3.22. The second-order valence-corrected chi connectivity index (χ2v) is 6.50. The zero-order valence-electron chi connectivity index (χ0n) is 11.5. The molecule has 2 aromatic carbocycles. The SMILES string of the molecule is Cc1cccc(SCC(O)c2cc3cc(Cl)ccc3o2)c1. The summed E-state index contributed by atoms with van der Waals surface area (Å²) in [5, 5.41) is 11.9. The molecular formula is C17H15ClO2S. The Labute approximate surface area is 132 Å². The van der Waals surface area contributed by atoms with Gasteiger partial charge in [0.15, 0.2) is 0 Å². The topological polar surface area (TPSA) is 33.4 Å². The highest BCUT2D eigenvalue weighted by atomic mass is 35.5. The molecule has 0 saturated heterocycles. The van der Waals surface area contributed by atoms with Crippen LogP contribution in [0.2, 0.25) is 5.02 Å². The van der Waals surface area contributed by atoms with Gasteiger partial charge >= 0.3 is 0 Å². The molecule has 0 bridgehead atoms. The van der Waals surface area contributed by atoms with E-state index in [1.54, 1.807) is 17.8 Å². The number of hydrogen-bond acceptors (Lipinski definition) is 3. The molecular weight excluding hydrogens is 304 g/mol. The Kier molecular flexibility index (Phi) is 4.24. The van der Waals surface area contributed by atoms with E-state index in [-0.39, 0.29) is 0 Å². The number of aliphatic hydroxyl groups excluding tert-OH is 1. The van der Waals surface area contributed by atoms with E-state index < -0.39 is 6.10 Å². The molecule has 4 heteroatoms. The van der Waals surface area contributed by atoms with Crippen LogP contribution in [0.3, 0.4) is 0 Å². The third-order valence-corrected chi connectivity index (χ3v) is 4.53. The number of fused-ring (bicyclic) bond motifs is 1.